The summed E-state index contributed by atoms with van der Waals surface area (Å²) in [5.74, 6) is -9.74. The number of nitrogens with zero attached hydrogens (tertiary/aromatic N) is 1. The SMILES string of the molecule is CNC(=O)C1C(=O)[C@@H](N(C)C)[C@@H]2C[C@@H]3Cc4c(/C=C/c5ccc(C)cc5)ccc(O)c4C(=O)C3C(=O)[C@]2(O)C1=O. The number of ketones is 4. The van der Waals surface area contributed by atoms with E-state index in [1.54, 1.807) is 20.2 Å². The Morgan fingerprint density at radius 2 is 1.70 bits per heavy atom. The molecular formula is C31H32N2O7. The molecule has 9 heteroatoms. The van der Waals surface area contributed by atoms with E-state index >= 15 is 0 Å². The number of phenolic OH excluding ortho intramolecular Hbond substituents is 1. The van der Waals surface area contributed by atoms with Gasteiger partial charge in [-0.25, -0.2) is 0 Å². The van der Waals surface area contributed by atoms with E-state index in [1.807, 2.05) is 43.3 Å². The lowest BCUT2D eigenvalue weighted by Crippen LogP contribution is -2.74. The summed E-state index contributed by atoms with van der Waals surface area (Å²) in [5.41, 5.74) is 0.652. The van der Waals surface area contributed by atoms with E-state index in [-0.39, 0.29) is 24.2 Å². The molecule has 1 amide bonds. The summed E-state index contributed by atoms with van der Waals surface area (Å²) in [6, 6.07) is 9.91. The summed E-state index contributed by atoms with van der Waals surface area (Å²) < 4.78 is 0. The number of carbonyl (C=O) groups is 5. The Kier molecular flexibility index (Phi) is 6.84. The van der Waals surface area contributed by atoms with Gasteiger partial charge in [-0.3, -0.25) is 28.9 Å². The van der Waals surface area contributed by atoms with Crippen molar-refractivity contribution in [3.05, 3.63) is 64.2 Å². The van der Waals surface area contributed by atoms with Crippen LogP contribution in [0.4, 0.5) is 0 Å². The molecule has 0 bridgehead atoms. The number of aliphatic hydroxyl groups is 1. The maximum Gasteiger partial charge on any atom is 0.238 e. The number of carbonyl (C=O) groups excluding carboxylic acids is 5. The normalized spacial score (nSPS) is 29.8. The molecule has 0 heterocycles. The van der Waals surface area contributed by atoms with Gasteiger partial charge in [-0.2, -0.15) is 0 Å². The van der Waals surface area contributed by atoms with Gasteiger partial charge in [0.05, 0.1) is 17.5 Å². The van der Waals surface area contributed by atoms with E-state index in [2.05, 4.69) is 5.32 Å². The average molecular weight is 545 g/mol. The molecular weight excluding hydrogens is 512 g/mol. The van der Waals surface area contributed by atoms with Gasteiger partial charge in [0.1, 0.15) is 5.75 Å². The van der Waals surface area contributed by atoms with E-state index in [1.165, 1.54) is 18.0 Å². The Bertz CT molecular complexity index is 1480. The highest BCUT2D eigenvalue weighted by Gasteiger charge is 2.69. The van der Waals surface area contributed by atoms with Crippen LogP contribution in [0.25, 0.3) is 12.2 Å². The number of benzene rings is 2. The van der Waals surface area contributed by atoms with Crippen molar-refractivity contribution in [3.63, 3.8) is 0 Å². The number of rotatable bonds is 4. The second-order valence-electron chi connectivity index (χ2n) is 11.3. The van der Waals surface area contributed by atoms with Gasteiger partial charge in [-0.1, -0.05) is 48.0 Å². The quantitative estimate of drug-likeness (QED) is 0.390. The summed E-state index contributed by atoms with van der Waals surface area (Å²) in [6.07, 6.45) is 4.01. The van der Waals surface area contributed by atoms with Crippen LogP contribution in [0.2, 0.25) is 0 Å². The number of hydrogen-bond acceptors (Lipinski definition) is 8. The highest BCUT2D eigenvalue weighted by molar-refractivity contribution is 6.32. The summed E-state index contributed by atoms with van der Waals surface area (Å²) >= 11 is 0. The van der Waals surface area contributed by atoms with Crippen molar-refractivity contribution in [1.29, 1.82) is 0 Å². The second-order valence-corrected chi connectivity index (χ2v) is 11.3. The minimum Gasteiger partial charge on any atom is -0.507 e. The topological polar surface area (TPSA) is 141 Å². The number of aryl methyl sites for hydroxylation is 1. The Balaban J connectivity index is 1.59. The van der Waals surface area contributed by atoms with Crippen LogP contribution >= 0.6 is 0 Å². The fourth-order valence-electron chi connectivity index (χ4n) is 6.77. The van der Waals surface area contributed by atoms with Crippen LogP contribution in [-0.2, 0) is 25.6 Å². The van der Waals surface area contributed by atoms with Crippen molar-refractivity contribution in [2.45, 2.75) is 31.4 Å². The van der Waals surface area contributed by atoms with E-state index in [4.69, 9.17) is 0 Å². The Morgan fingerprint density at radius 3 is 2.33 bits per heavy atom. The van der Waals surface area contributed by atoms with Crippen molar-refractivity contribution in [2.24, 2.45) is 23.7 Å². The van der Waals surface area contributed by atoms with Crippen LogP contribution in [0.3, 0.4) is 0 Å². The van der Waals surface area contributed by atoms with Crippen LogP contribution in [-0.4, -0.2) is 76.9 Å². The molecule has 0 aromatic heterocycles. The van der Waals surface area contributed by atoms with Crippen LogP contribution in [0.15, 0.2) is 36.4 Å². The van der Waals surface area contributed by atoms with Crippen molar-refractivity contribution in [1.82, 2.24) is 10.2 Å². The predicted octanol–water partition coefficient (Wildman–Crippen LogP) is 1.61. The predicted molar refractivity (Wildman–Crippen MR) is 146 cm³/mol. The number of likely N-dealkylation sites (N-methyl/N-ethyl adjacent to an activating group) is 1. The van der Waals surface area contributed by atoms with Gasteiger partial charge >= 0.3 is 0 Å². The summed E-state index contributed by atoms with van der Waals surface area (Å²) in [4.78, 5) is 68.8. The molecule has 2 saturated carbocycles. The maximum atomic E-state index is 14.0. The van der Waals surface area contributed by atoms with Crippen LogP contribution < -0.4 is 5.32 Å². The molecule has 3 N–H and O–H groups in total. The molecule has 40 heavy (non-hydrogen) atoms. The minimum atomic E-state index is -2.69. The van der Waals surface area contributed by atoms with Gasteiger partial charge < -0.3 is 15.5 Å². The number of aromatic hydroxyl groups is 1. The van der Waals surface area contributed by atoms with Crippen LogP contribution in [0.1, 0.15) is 39.0 Å². The average Bonchev–Trinajstić information content (AvgIpc) is 2.91. The smallest absolute Gasteiger partial charge is 0.238 e. The minimum absolute atomic E-state index is 0.00551. The summed E-state index contributed by atoms with van der Waals surface area (Å²) in [7, 11) is 4.44. The number of amides is 1. The van der Waals surface area contributed by atoms with Gasteiger partial charge in [0.2, 0.25) is 5.91 Å². The van der Waals surface area contributed by atoms with Crippen LogP contribution in [0.5, 0.6) is 5.75 Å². The van der Waals surface area contributed by atoms with Gasteiger partial charge in [0, 0.05) is 13.0 Å². The third kappa shape index (κ3) is 4.03. The van der Waals surface area contributed by atoms with Gasteiger partial charge in [-0.05, 0) is 62.5 Å². The molecule has 0 aliphatic heterocycles. The third-order valence-corrected chi connectivity index (χ3v) is 8.74. The first-order valence-electron chi connectivity index (χ1n) is 13.3. The first-order chi connectivity index (χ1) is 18.9. The second kappa shape index (κ2) is 9.91. The molecule has 6 atom stereocenters. The lowest BCUT2D eigenvalue weighted by molar-refractivity contribution is -0.181. The van der Waals surface area contributed by atoms with E-state index in [0.29, 0.717) is 11.1 Å². The Hall–Kier alpha value is -3.95. The Labute approximate surface area is 231 Å². The molecule has 2 aromatic carbocycles. The van der Waals surface area contributed by atoms with Gasteiger partial charge in [0.15, 0.2) is 34.7 Å². The summed E-state index contributed by atoms with van der Waals surface area (Å²) in [5, 5.41) is 24.7. The molecule has 2 aromatic rings. The molecule has 2 fully saturated rings. The fourth-order valence-corrected chi connectivity index (χ4v) is 6.77. The van der Waals surface area contributed by atoms with Crippen molar-refractivity contribution >= 4 is 41.2 Å². The number of nitrogens with one attached hydrogen (secondary N) is 1. The summed E-state index contributed by atoms with van der Waals surface area (Å²) in [6.45, 7) is 1.99. The number of fused-ring (bicyclic) bond motifs is 3. The molecule has 0 spiro atoms. The zero-order chi connectivity index (χ0) is 29.1. The molecule has 9 nitrogen and oxygen atoms in total. The fraction of sp³-hybridized carbons (Fsp3) is 0.387. The van der Waals surface area contributed by atoms with Crippen molar-refractivity contribution in [3.8, 4) is 5.75 Å². The highest BCUT2D eigenvalue weighted by atomic mass is 16.3. The molecule has 0 saturated heterocycles. The van der Waals surface area contributed by atoms with Crippen LogP contribution in [0, 0.1) is 30.6 Å². The molecule has 0 radical (unpaired) electrons. The van der Waals surface area contributed by atoms with E-state index in [9.17, 15) is 34.2 Å². The van der Waals surface area contributed by atoms with Crippen molar-refractivity contribution in [2.75, 3.05) is 21.1 Å². The molecule has 3 aliphatic rings. The molecule has 2 unspecified atom stereocenters. The molecule has 3 aliphatic carbocycles. The monoisotopic (exact) mass is 544 g/mol. The first kappa shape index (κ1) is 27.6. The maximum absolute atomic E-state index is 14.0. The first-order valence-corrected chi connectivity index (χ1v) is 13.3. The number of hydrogen-bond donors (Lipinski definition) is 3. The zero-order valence-corrected chi connectivity index (χ0v) is 22.8. The van der Waals surface area contributed by atoms with Gasteiger partial charge in [-0.15, -0.1) is 0 Å². The number of phenols is 1. The third-order valence-electron chi connectivity index (χ3n) is 8.74. The zero-order valence-electron chi connectivity index (χ0n) is 22.8. The van der Waals surface area contributed by atoms with E-state index < -0.39 is 64.4 Å². The molecule has 5 rings (SSSR count). The molecule has 208 valence electrons. The van der Waals surface area contributed by atoms with E-state index in [0.717, 1.165) is 11.1 Å². The standard InChI is InChI=1S/C31H32N2O7/c1-15-5-7-16(8-6-15)9-10-17-11-12-21(34)23-19(17)13-18-14-20-25(33(3)4)27(36)24(30(39)32-2)29(38)31(20,40)28(37)22(18)26(23)35/h5-12,18,20,22,24-25,34,40H,13-14H2,1-4H3,(H,32,39)/b10-9+/t18-,20-,22?,24?,25-,31-/m0/s1. The highest BCUT2D eigenvalue weighted by Crippen LogP contribution is 2.51. The Morgan fingerprint density at radius 1 is 1.02 bits per heavy atom. The van der Waals surface area contributed by atoms with Crippen molar-refractivity contribution < 1.29 is 34.2 Å². The lowest BCUT2D eigenvalue weighted by atomic mass is 9.52. The van der Waals surface area contributed by atoms with Gasteiger partial charge in [0.25, 0.3) is 0 Å². The number of Topliss-reactive ketones (excluding diaryl/α,β-unsaturated/α-hetero) is 4. The largest absolute Gasteiger partial charge is 0.507 e. The lowest BCUT2D eigenvalue weighted by Gasteiger charge is -2.52.